The largest absolute Gasteiger partial charge is 0.463 e. The minimum absolute atomic E-state index is 0.426. The molecule has 1 aromatic carbocycles. The van der Waals surface area contributed by atoms with Crippen molar-refractivity contribution in [3.63, 3.8) is 0 Å². The number of nitrogens with zero attached hydrogens (tertiary/aromatic N) is 2. The number of hydrogen-bond donors (Lipinski definition) is 1. The van der Waals surface area contributed by atoms with Crippen LogP contribution in [0.25, 0.3) is 11.1 Å². The molecule has 0 aliphatic heterocycles. The summed E-state index contributed by atoms with van der Waals surface area (Å²) in [5.41, 5.74) is 2.79. The maximum Gasteiger partial charge on any atom is 0.316 e. The lowest BCUT2D eigenvalue weighted by Gasteiger charge is -2.14. The van der Waals surface area contributed by atoms with Crippen molar-refractivity contribution in [2.45, 2.75) is 77.7 Å². The van der Waals surface area contributed by atoms with Crippen molar-refractivity contribution in [2.24, 2.45) is 0 Å². The highest BCUT2D eigenvalue weighted by Crippen LogP contribution is 2.29. The van der Waals surface area contributed by atoms with E-state index in [-0.39, 0.29) is 0 Å². The van der Waals surface area contributed by atoms with Gasteiger partial charge in [-0.1, -0.05) is 83.1 Å². The molecule has 0 saturated carbocycles. The molecule has 0 amide bonds. The van der Waals surface area contributed by atoms with E-state index in [0.29, 0.717) is 19.0 Å². The van der Waals surface area contributed by atoms with Gasteiger partial charge in [-0.3, -0.25) is 0 Å². The van der Waals surface area contributed by atoms with E-state index in [9.17, 15) is 5.11 Å². The average molecular weight is 371 g/mol. The first-order valence-corrected chi connectivity index (χ1v) is 10.5. The maximum atomic E-state index is 10.2. The van der Waals surface area contributed by atoms with Gasteiger partial charge >= 0.3 is 6.01 Å². The molecule has 0 bridgehead atoms. The van der Waals surface area contributed by atoms with E-state index in [2.05, 4.69) is 16.9 Å². The Bertz CT molecular complexity index is 643. The maximum absolute atomic E-state index is 10.2. The zero-order valence-corrected chi connectivity index (χ0v) is 16.9. The molecule has 0 radical (unpaired) electrons. The van der Waals surface area contributed by atoms with Gasteiger partial charge in [-0.2, -0.15) is 0 Å². The second-order valence-corrected chi connectivity index (χ2v) is 7.09. The van der Waals surface area contributed by atoms with Gasteiger partial charge in [-0.25, -0.2) is 9.97 Å². The monoisotopic (exact) mass is 370 g/mol. The van der Waals surface area contributed by atoms with Crippen molar-refractivity contribution in [2.75, 3.05) is 6.61 Å². The van der Waals surface area contributed by atoms with Crippen LogP contribution in [0.5, 0.6) is 6.01 Å². The number of aliphatic hydroxyl groups excluding tert-OH is 1. The number of aromatic nitrogens is 2. The van der Waals surface area contributed by atoms with Crippen LogP contribution in [0.2, 0.25) is 0 Å². The van der Waals surface area contributed by atoms with Gasteiger partial charge in [0.15, 0.2) is 0 Å². The van der Waals surface area contributed by atoms with Crippen LogP contribution in [0.3, 0.4) is 0 Å². The normalized spacial score (nSPS) is 12.1. The first-order chi connectivity index (χ1) is 13.3. The molecule has 0 aliphatic rings. The summed E-state index contributed by atoms with van der Waals surface area (Å²) in [6.45, 7) is 4.89. The topological polar surface area (TPSA) is 55.2 Å². The lowest BCUT2D eigenvalue weighted by molar-refractivity contribution is 0.174. The summed E-state index contributed by atoms with van der Waals surface area (Å²) >= 11 is 0. The fourth-order valence-corrected chi connectivity index (χ4v) is 3.20. The van der Waals surface area contributed by atoms with E-state index >= 15 is 0 Å². The summed E-state index contributed by atoms with van der Waals surface area (Å²) < 4.78 is 5.67. The van der Waals surface area contributed by atoms with Crippen LogP contribution in [0, 0.1) is 0 Å². The summed E-state index contributed by atoms with van der Waals surface area (Å²) in [6.07, 6.45) is 14.0. The average Bonchev–Trinajstić information content (AvgIpc) is 2.72. The Hall–Kier alpha value is -1.94. The Kier molecular flexibility index (Phi) is 9.85. The first kappa shape index (κ1) is 21.4. The van der Waals surface area contributed by atoms with E-state index in [4.69, 9.17) is 4.74 Å². The smallest absolute Gasteiger partial charge is 0.316 e. The third kappa shape index (κ3) is 7.30. The van der Waals surface area contributed by atoms with Crippen LogP contribution >= 0.6 is 0 Å². The van der Waals surface area contributed by atoms with Crippen molar-refractivity contribution < 1.29 is 9.84 Å². The van der Waals surface area contributed by atoms with E-state index in [0.717, 1.165) is 23.1 Å². The van der Waals surface area contributed by atoms with Gasteiger partial charge in [-0.05, 0) is 24.0 Å². The highest BCUT2D eigenvalue weighted by Gasteiger charge is 2.12. The number of benzene rings is 1. The van der Waals surface area contributed by atoms with Gasteiger partial charge in [0.25, 0.3) is 0 Å². The van der Waals surface area contributed by atoms with Gasteiger partial charge in [0.05, 0.1) is 12.7 Å². The quantitative estimate of drug-likeness (QED) is 0.432. The number of rotatable bonds is 13. The summed E-state index contributed by atoms with van der Waals surface area (Å²) in [7, 11) is 0. The zero-order chi connectivity index (χ0) is 19.3. The van der Waals surface area contributed by atoms with Gasteiger partial charge in [0, 0.05) is 18.0 Å². The van der Waals surface area contributed by atoms with Crippen LogP contribution in [0.15, 0.2) is 36.7 Å². The molecule has 4 heteroatoms. The SMILES string of the molecule is CCCCCCCCCCOc1ncc(-c2ccccc2C(O)CC)cn1. The predicted molar refractivity (Wildman–Crippen MR) is 111 cm³/mol. The fraction of sp³-hybridized carbons (Fsp3) is 0.565. The minimum Gasteiger partial charge on any atom is -0.463 e. The van der Waals surface area contributed by atoms with Crippen LogP contribution in [0.4, 0.5) is 0 Å². The molecule has 1 N–H and O–H groups in total. The molecule has 1 aromatic heterocycles. The Morgan fingerprint density at radius 1 is 0.889 bits per heavy atom. The molecule has 2 aromatic rings. The highest BCUT2D eigenvalue weighted by atomic mass is 16.5. The van der Waals surface area contributed by atoms with Gasteiger partial charge in [-0.15, -0.1) is 0 Å². The molecule has 4 nitrogen and oxygen atoms in total. The molecule has 1 heterocycles. The number of hydrogen-bond acceptors (Lipinski definition) is 4. The molecule has 2 rings (SSSR count). The molecule has 0 fully saturated rings. The molecular formula is C23H34N2O2. The van der Waals surface area contributed by atoms with Crippen molar-refractivity contribution >= 4 is 0 Å². The molecule has 0 spiro atoms. The van der Waals surface area contributed by atoms with E-state index < -0.39 is 6.10 Å². The van der Waals surface area contributed by atoms with Gasteiger partial charge in [0.1, 0.15) is 0 Å². The highest BCUT2D eigenvalue weighted by molar-refractivity contribution is 5.66. The van der Waals surface area contributed by atoms with Gasteiger partial charge in [0.2, 0.25) is 0 Å². The number of ether oxygens (including phenoxy) is 1. The summed E-state index contributed by atoms with van der Waals surface area (Å²) in [4.78, 5) is 8.67. The molecule has 1 atom stereocenters. The molecule has 0 saturated heterocycles. The first-order valence-electron chi connectivity index (χ1n) is 10.5. The van der Waals surface area contributed by atoms with Crippen LogP contribution in [-0.2, 0) is 0 Å². The lowest BCUT2D eigenvalue weighted by atomic mass is 9.97. The Labute approximate surface area is 164 Å². The zero-order valence-electron chi connectivity index (χ0n) is 16.9. The van der Waals surface area contributed by atoms with E-state index in [1.165, 1.54) is 44.9 Å². The molecule has 1 unspecified atom stereocenters. The molecule has 148 valence electrons. The molecular weight excluding hydrogens is 336 g/mol. The second kappa shape index (κ2) is 12.4. The summed E-state index contributed by atoms with van der Waals surface area (Å²) in [6, 6.07) is 8.29. The third-order valence-electron chi connectivity index (χ3n) is 4.87. The van der Waals surface area contributed by atoms with E-state index in [1.54, 1.807) is 12.4 Å². The predicted octanol–water partition coefficient (Wildman–Crippen LogP) is 6.11. The Balaban J connectivity index is 1.76. The Morgan fingerprint density at radius 3 is 2.19 bits per heavy atom. The standard InChI is InChI=1S/C23H34N2O2/c1-3-5-6-7-8-9-10-13-16-27-23-24-17-19(18-25-23)20-14-11-12-15-21(20)22(26)4-2/h11-12,14-15,17-18,22,26H,3-10,13,16H2,1-2H3. The van der Waals surface area contributed by atoms with Crippen molar-refractivity contribution in [1.29, 1.82) is 0 Å². The van der Waals surface area contributed by atoms with Crippen molar-refractivity contribution in [1.82, 2.24) is 9.97 Å². The van der Waals surface area contributed by atoms with Crippen molar-refractivity contribution in [3.05, 3.63) is 42.2 Å². The Morgan fingerprint density at radius 2 is 1.52 bits per heavy atom. The molecule has 27 heavy (non-hydrogen) atoms. The van der Waals surface area contributed by atoms with Crippen molar-refractivity contribution in [3.8, 4) is 17.1 Å². The fourth-order valence-electron chi connectivity index (χ4n) is 3.20. The lowest BCUT2D eigenvalue weighted by Crippen LogP contribution is -2.02. The van der Waals surface area contributed by atoms with Crippen LogP contribution in [0.1, 0.15) is 83.3 Å². The van der Waals surface area contributed by atoms with E-state index in [1.807, 2.05) is 31.2 Å². The number of unbranched alkanes of at least 4 members (excludes halogenated alkanes) is 7. The van der Waals surface area contributed by atoms with Gasteiger partial charge < -0.3 is 9.84 Å². The van der Waals surface area contributed by atoms with Crippen LogP contribution in [-0.4, -0.2) is 21.7 Å². The summed E-state index contributed by atoms with van der Waals surface area (Å²) in [5.74, 6) is 0. The second-order valence-electron chi connectivity index (χ2n) is 7.09. The number of aliphatic hydroxyl groups is 1. The molecule has 0 aliphatic carbocycles. The summed E-state index contributed by atoms with van der Waals surface area (Å²) in [5, 5.41) is 10.2. The minimum atomic E-state index is -0.473. The third-order valence-corrected chi connectivity index (χ3v) is 4.87. The van der Waals surface area contributed by atoms with Crippen LogP contribution < -0.4 is 4.74 Å².